The van der Waals surface area contributed by atoms with Gasteiger partial charge in [0.05, 0.1) is 16.1 Å². The molecule has 2 aromatic carbocycles. The van der Waals surface area contributed by atoms with Crippen LogP contribution in [0.4, 0.5) is 5.69 Å². The smallest absolute Gasteiger partial charge is 0.255 e. The first kappa shape index (κ1) is 18.3. The summed E-state index contributed by atoms with van der Waals surface area (Å²) < 4.78 is 29.1. The highest BCUT2D eigenvalue weighted by Crippen LogP contribution is 2.24. The topological polar surface area (TPSA) is 63.5 Å². The zero-order valence-corrected chi connectivity index (χ0v) is 16.2. The number of hydrogen-bond donors (Lipinski definition) is 1. The highest BCUT2D eigenvalue weighted by Gasteiger charge is 2.09. The van der Waals surface area contributed by atoms with Crippen LogP contribution in [0.2, 0.25) is 5.02 Å². The van der Waals surface area contributed by atoms with E-state index in [1.165, 1.54) is 0 Å². The zero-order chi connectivity index (χ0) is 19.6. The molecule has 5 nitrogen and oxygen atoms in total. The number of hydrogen-bond acceptors (Lipinski definition) is 3. The molecule has 0 radical (unpaired) electrons. The van der Waals surface area contributed by atoms with Crippen molar-refractivity contribution in [3.05, 3.63) is 95.1 Å². The number of halogens is 1. The van der Waals surface area contributed by atoms with Gasteiger partial charge in [-0.3, -0.25) is 4.72 Å². The predicted molar refractivity (Wildman–Crippen MR) is 114 cm³/mol. The second-order valence-electron chi connectivity index (χ2n) is 6.18. The summed E-state index contributed by atoms with van der Waals surface area (Å²) in [7, 11) is -3.64. The van der Waals surface area contributed by atoms with Crippen molar-refractivity contribution in [2.75, 3.05) is 4.72 Å². The molecule has 2 aromatic heterocycles. The normalized spacial score (nSPS) is 11.9. The maximum Gasteiger partial charge on any atom is 0.255 e. The quantitative estimate of drug-likeness (QED) is 0.500. The van der Waals surface area contributed by atoms with Gasteiger partial charge in [0.1, 0.15) is 5.65 Å². The largest absolute Gasteiger partial charge is 0.305 e. The van der Waals surface area contributed by atoms with Crippen molar-refractivity contribution >= 4 is 39.0 Å². The molecular weight excluding hydrogens is 394 g/mol. The Morgan fingerprint density at radius 3 is 2.61 bits per heavy atom. The van der Waals surface area contributed by atoms with Crippen LogP contribution in [0, 0.1) is 0 Å². The molecule has 140 valence electrons. The molecule has 0 aliphatic heterocycles. The van der Waals surface area contributed by atoms with Crippen molar-refractivity contribution in [3.8, 4) is 11.3 Å². The lowest BCUT2D eigenvalue weighted by Crippen LogP contribution is -2.08. The molecule has 7 heteroatoms. The van der Waals surface area contributed by atoms with Gasteiger partial charge in [0.15, 0.2) is 0 Å². The van der Waals surface area contributed by atoms with E-state index >= 15 is 0 Å². The standard InChI is InChI=1S/C21H16ClN3O2S/c22-18-9-10-21-23-20(15-25(21)14-18)17-7-4-8-19(13-17)24-28(26,27)12-11-16-5-2-1-3-6-16/h1-15,24H/b12-11+. The van der Waals surface area contributed by atoms with Gasteiger partial charge in [-0.25, -0.2) is 13.4 Å². The van der Waals surface area contributed by atoms with Crippen LogP contribution in [0.1, 0.15) is 5.56 Å². The first-order valence-electron chi connectivity index (χ1n) is 8.49. The molecule has 0 aliphatic carbocycles. The van der Waals surface area contributed by atoms with Crippen molar-refractivity contribution < 1.29 is 8.42 Å². The van der Waals surface area contributed by atoms with Crippen LogP contribution in [-0.4, -0.2) is 17.8 Å². The lowest BCUT2D eigenvalue weighted by molar-refractivity contribution is 0.609. The number of pyridine rings is 1. The van der Waals surface area contributed by atoms with E-state index in [2.05, 4.69) is 9.71 Å². The monoisotopic (exact) mass is 409 g/mol. The average Bonchev–Trinajstić information content (AvgIpc) is 3.10. The Morgan fingerprint density at radius 1 is 0.964 bits per heavy atom. The lowest BCUT2D eigenvalue weighted by Gasteiger charge is -2.06. The van der Waals surface area contributed by atoms with Gasteiger partial charge in [-0.1, -0.05) is 54.1 Å². The van der Waals surface area contributed by atoms with Crippen molar-refractivity contribution in [2.45, 2.75) is 0 Å². The molecule has 0 spiro atoms. The van der Waals surface area contributed by atoms with Gasteiger partial charge in [0.2, 0.25) is 0 Å². The fraction of sp³-hybridized carbons (Fsp3) is 0. The van der Waals surface area contributed by atoms with E-state index in [4.69, 9.17) is 11.6 Å². The molecule has 28 heavy (non-hydrogen) atoms. The molecular formula is C21H16ClN3O2S. The van der Waals surface area contributed by atoms with Gasteiger partial charge in [0.25, 0.3) is 10.0 Å². The third kappa shape index (κ3) is 4.24. The first-order chi connectivity index (χ1) is 13.5. The molecule has 0 amide bonds. The molecule has 1 N–H and O–H groups in total. The molecule has 4 rings (SSSR count). The highest BCUT2D eigenvalue weighted by atomic mass is 35.5. The van der Waals surface area contributed by atoms with Crippen LogP contribution in [0.25, 0.3) is 23.0 Å². The average molecular weight is 410 g/mol. The summed E-state index contributed by atoms with van der Waals surface area (Å²) in [4.78, 5) is 4.55. The highest BCUT2D eigenvalue weighted by molar-refractivity contribution is 7.95. The molecule has 0 aliphatic rings. The lowest BCUT2D eigenvalue weighted by atomic mass is 10.1. The van der Waals surface area contributed by atoms with Gasteiger partial charge >= 0.3 is 0 Å². The van der Waals surface area contributed by atoms with Gasteiger partial charge in [-0.15, -0.1) is 0 Å². The molecule has 0 atom stereocenters. The maximum atomic E-state index is 12.4. The Balaban J connectivity index is 1.58. The van der Waals surface area contributed by atoms with E-state index in [-0.39, 0.29) is 0 Å². The van der Waals surface area contributed by atoms with E-state index in [1.807, 2.05) is 53.1 Å². The number of rotatable bonds is 5. The fourth-order valence-electron chi connectivity index (χ4n) is 2.78. The number of benzene rings is 2. The Bertz CT molecular complexity index is 1270. The van der Waals surface area contributed by atoms with Crippen LogP contribution >= 0.6 is 11.6 Å². The Morgan fingerprint density at radius 2 is 1.79 bits per heavy atom. The zero-order valence-electron chi connectivity index (χ0n) is 14.7. The SMILES string of the molecule is O=S(=O)(/C=C/c1ccccc1)Nc1cccc(-c2cn3cc(Cl)ccc3n2)c1. The van der Waals surface area contributed by atoms with Crippen molar-refractivity contribution in [1.29, 1.82) is 0 Å². The number of anilines is 1. The Kier molecular flexibility index (Phi) is 4.90. The minimum Gasteiger partial charge on any atom is -0.305 e. The second kappa shape index (κ2) is 7.50. The van der Waals surface area contributed by atoms with Crippen LogP contribution < -0.4 is 4.72 Å². The third-order valence-electron chi connectivity index (χ3n) is 4.07. The summed E-state index contributed by atoms with van der Waals surface area (Å²) in [5.74, 6) is 0. The number of fused-ring (bicyclic) bond motifs is 1. The number of nitrogens with one attached hydrogen (secondary N) is 1. The minimum atomic E-state index is -3.64. The predicted octanol–water partition coefficient (Wildman–Crippen LogP) is 5.07. The van der Waals surface area contributed by atoms with Gasteiger partial charge in [-0.05, 0) is 35.9 Å². The summed E-state index contributed by atoms with van der Waals surface area (Å²) in [5.41, 5.74) is 3.56. The second-order valence-corrected chi connectivity index (χ2v) is 8.18. The number of sulfonamides is 1. The summed E-state index contributed by atoms with van der Waals surface area (Å²) >= 11 is 6.01. The maximum absolute atomic E-state index is 12.4. The van der Waals surface area contributed by atoms with Gasteiger partial charge in [0, 0.05) is 23.6 Å². The van der Waals surface area contributed by atoms with E-state index in [0.29, 0.717) is 10.7 Å². The number of aromatic nitrogens is 2. The van der Waals surface area contributed by atoms with Crippen LogP contribution in [0.3, 0.4) is 0 Å². The van der Waals surface area contributed by atoms with Crippen LogP contribution in [-0.2, 0) is 10.0 Å². The van der Waals surface area contributed by atoms with E-state index in [0.717, 1.165) is 27.9 Å². The van der Waals surface area contributed by atoms with E-state index < -0.39 is 10.0 Å². The summed E-state index contributed by atoms with van der Waals surface area (Å²) in [5, 5.41) is 1.77. The minimum absolute atomic E-state index is 0.463. The van der Waals surface area contributed by atoms with Crippen LogP contribution in [0.15, 0.2) is 84.5 Å². The number of nitrogens with zero attached hydrogens (tertiary/aromatic N) is 2. The fourth-order valence-corrected chi connectivity index (χ4v) is 3.80. The molecule has 2 heterocycles. The summed E-state index contributed by atoms with van der Waals surface area (Å²) in [6.45, 7) is 0. The van der Waals surface area contributed by atoms with Crippen molar-refractivity contribution in [2.24, 2.45) is 0 Å². The first-order valence-corrected chi connectivity index (χ1v) is 10.4. The molecule has 0 saturated heterocycles. The molecule has 0 fully saturated rings. The summed E-state index contributed by atoms with van der Waals surface area (Å²) in [6.07, 6.45) is 5.18. The molecule has 0 saturated carbocycles. The Hall–Kier alpha value is -3.09. The van der Waals surface area contributed by atoms with E-state index in [1.54, 1.807) is 36.5 Å². The summed E-state index contributed by atoms with van der Waals surface area (Å²) in [6, 6.07) is 20.0. The van der Waals surface area contributed by atoms with E-state index in [9.17, 15) is 8.42 Å². The van der Waals surface area contributed by atoms with Crippen LogP contribution in [0.5, 0.6) is 0 Å². The van der Waals surface area contributed by atoms with Crippen molar-refractivity contribution in [1.82, 2.24) is 9.38 Å². The Labute approximate surface area is 168 Å². The third-order valence-corrected chi connectivity index (χ3v) is 5.31. The molecule has 4 aromatic rings. The van der Waals surface area contributed by atoms with Gasteiger partial charge in [-0.2, -0.15) is 0 Å². The van der Waals surface area contributed by atoms with Gasteiger partial charge < -0.3 is 4.40 Å². The molecule has 0 unspecified atom stereocenters. The van der Waals surface area contributed by atoms with Crippen molar-refractivity contribution in [3.63, 3.8) is 0 Å². The number of imidazole rings is 1. The molecule has 0 bridgehead atoms.